The summed E-state index contributed by atoms with van der Waals surface area (Å²) in [7, 11) is -5.61. The summed E-state index contributed by atoms with van der Waals surface area (Å²) in [6.45, 7) is 10.2. The predicted octanol–water partition coefficient (Wildman–Crippen LogP) is 4.60. The highest BCUT2D eigenvalue weighted by Gasteiger charge is 2.24. The number of benzene rings is 1. The maximum absolute atomic E-state index is 14.6. The molecule has 0 aliphatic rings. The molecule has 0 spiro atoms. The van der Waals surface area contributed by atoms with Gasteiger partial charge in [0.25, 0.3) is 10.0 Å². The van der Waals surface area contributed by atoms with Crippen LogP contribution in [-0.4, -0.2) is 40.6 Å². The average molecular weight is 483 g/mol. The normalized spacial score (nSPS) is 13.3. The van der Waals surface area contributed by atoms with Gasteiger partial charge in [0.05, 0.1) is 16.9 Å². The van der Waals surface area contributed by atoms with Gasteiger partial charge in [-0.1, -0.05) is 49.5 Å². The zero-order chi connectivity index (χ0) is 21.8. The zero-order valence-corrected chi connectivity index (χ0v) is 20.0. The number of likely N-dealkylation sites (N-methyl/N-ethyl adjacent to an activating group) is 1. The van der Waals surface area contributed by atoms with Crippen molar-refractivity contribution in [2.45, 2.75) is 43.5 Å². The smallest absolute Gasteiger partial charge is 0.266 e. The Morgan fingerprint density at radius 3 is 2.52 bits per heavy atom. The molecule has 2 rings (SSSR count). The van der Waals surface area contributed by atoms with E-state index in [9.17, 15) is 17.2 Å². The van der Waals surface area contributed by atoms with Crippen LogP contribution in [0.4, 0.5) is 19.6 Å². The Morgan fingerprint density at radius 1 is 1.28 bits per heavy atom. The Bertz CT molecular complexity index is 951. The summed E-state index contributed by atoms with van der Waals surface area (Å²) in [5.41, 5.74) is 0.307. The number of nitrogens with one attached hydrogen (secondary N) is 3. The Balaban J connectivity index is 2.17. The molecule has 1 atom stereocenters. The van der Waals surface area contributed by atoms with Gasteiger partial charge in [-0.25, -0.2) is 17.8 Å². The van der Waals surface area contributed by atoms with Crippen LogP contribution in [-0.2, 0) is 10.0 Å². The van der Waals surface area contributed by atoms with Gasteiger partial charge < -0.3 is 10.6 Å². The summed E-state index contributed by atoms with van der Waals surface area (Å²) in [6.07, 6.45) is 0.875. The molecule has 6 nitrogen and oxygen atoms in total. The van der Waals surface area contributed by atoms with Crippen LogP contribution in [0.5, 0.6) is 0 Å². The molecule has 0 fully saturated rings. The van der Waals surface area contributed by atoms with E-state index in [1.54, 1.807) is 0 Å². The van der Waals surface area contributed by atoms with Gasteiger partial charge in [0, 0.05) is 20.7 Å². The lowest BCUT2D eigenvalue weighted by Gasteiger charge is -2.26. The highest BCUT2D eigenvalue weighted by atomic mass is 35.5. The number of sulfonamides is 1. The van der Waals surface area contributed by atoms with Crippen molar-refractivity contribution in [1.29, 1.82) is 0 Å². The zero-order valence-electron chi connectivity index (χ0n) is 16.6. The molecule has 0 radical (unpaired) electrons. The van der Waals surface area contributed by atoms with Crippen LogP contribution in [0.25, 0.3) is 0 Å². The van der Waals surface area contributed by atoms with Gasteiger partial charge in [-0.15, -0.1) is 0 Å². The third-order valence-electron chi connectivity index (χ3n) is 3.90. The molecule has 0 amide bonds. The van der Waals surface area contributed by atoms with Crippen molar-refractivity contribution >= 4 is 51.9 Å². The molecule has 0 aliphatic heterocycles. The first kappa shape index (κ1) is 24.0. The van der Waals surface area contributed by atoms with Gasteiger partial charge >= 0.3 is 0 Å². The number of halogens is 3. The molecule has 1 aromatic carbocycles. The van der Waals surface area contributed by atoms with Crippen LogP contribution >= 0.6 is 22.9 Å². The first-order valence-electron chi connectivity index (χ1n) is 9.01. The van der Waals surface area contributed by atoms with Crippen molar-refractivity contribution in [2.24, 2.45) is 0 Å². The third-order valence-corrected chi connectivity index (χ3v) is 8.12. The molecule has 0 aliphatic carbocycles. The van der Waals surface area contributed by atoms with E-state index in [-0.39, 0.29) is 16.2 Å². The summed E-state index contributed by atoms with van der Waals surface area (Å²) in [4.78, 5) is 2.94. The lowest BCUT2D eigenvalue weighted by atomic mass is 10.2. The summed E-state index contributed by atoms with van der Waals surface area (Å²) < 4.78 is 54.5. The molecule has 3 N–H and O–H groups in total. The van der Waals surface area contributed by atoms with Gasteiger partial charge in [-0.3, -0.25) is 4.72 Å². The number of rotatable bonds is 10. The molecule has 0 saturated heterocycles. The summed E-state index contributed by atoms with van der Waals surface area (Å²) in [6, 6.07) is 3.30. The van der Waals surface area contributed by atoms with Crippen molar-refractivity contribution in [1.82, 2.24) is 10.3 Å². The van der Waals surface area contributed by atoms with Crippen LogP contribution in [0.2, 0.25) is 30.7 Å². The number of hydrogen-bond donors (Lipinski definition) is 3. The molecule has 162 valence electrons. The minimum absolute atomic E-state index is 0.0698. The van der Waals surface area contributed by atoms with Crippen LogP contribution in [0.1, 0.15) is 6.92 Å². The number of nitrogens with zero attached hydrogens (tertiary/aromatic N) is 1. The maximum atomic E-state index is 14.6. The van der Waals surface area contributed by atoms with E-state index in [4.69, 9.17) is 11.6 Å². The number of anilines is 2. The van der Waals surface area contributed by atoms with Gasteiger partial charge in [0.1, 0.15) is 10.7 Å². The second-order valence-corrected chi connectivity index (χ2v) is 16.3. The van der Waals surface area contributed by atoms with Crippen LogP contribution in [0, 0.1) is 10.9 Å². The number of thiazole rings is 1. The van der Waals surface area contributed by atoms with Crippen molar-refractivity contribution < 1.29 is 17.2 Å². The molecule has 1 aromatic heterocycles. The first-order valence-corrected chi connectivity index (χ1v) is 15.4. The van der Waals surface area contributed by atoms with E-state index >= 15 is 0 Å². The van der Waals surface area contributed by atoms with E-state index in [1.165, 1.54) is 0 Å². The Kier molecular flexibility index (Phi) is 8.02. The largest absolute Gasteiger partial charge is 0.382 e. The Labute approximate surface area is 180 Å². The molecule has 0 saturated carbocycles. The third kappa shape index (κ3) is 7.17. The minimum Gasteiger partial charge on any atom is -0.382 e. The number of hydrogen-bond acceptors (Lipinski definition) is 6. The standard InChI is InChI=1S/C17H25ClF2N4O2S2Si/c1-5-21-11(10-29(2,3)4)8-22-14-7-13(19)15(6-12(14)18)28(25,26)24-17-23-9-16(20)27-17/h6-7,9,11,21-22H,5,8,10H2,1-4H3,(H,23,24)/t11-/m1/s1. The molecule has 12 heteroatoms. The molecular weight excluding hydrogens is 458 g/mol. The summed E-state index contributed by atoms with van der Waals surface area (Å²) >= 11 is 6.71. The van der Waals surface area contributed by atoms with Crippen molar-refractivity contribution in [3.63, 3.8) is 0 Å². The Hall–Kier alpha value is -1.27. The van der Waals surface area contributed by atoms with E-state index in [0.29, 0.717) is 23.6 Å². The topological polar surface area (TPSA) is 83.1 Å². The van der Waals surface area contributed by atoms with Crippen LogP contribution < -0.4 is 15.4 Å². The molecule has 0 unspecified atom stereocenters. The molecule has 2 aromatic rings. The fourth-order valence-electron chi connectivity index (χ4n) is 2.82. The lowest BCUT2D eigenvalue weighted by Crippen LogP contribution is -2.41. The van der Waals surface area contributed by atoms with Gasteiger partial charge in [0.2, 0.25) is 0 Å². The van der Waals surface area contributed by atoms with Gasteiger partial charge in [0.15, 0.2) is 10.3 Å². The second-order valence-electron chi connectivity index (χ2n) is 7.74. The quantitative estimate of drug-likeness (QED) is 0.431. The van der Waals surface area contributed by atoms with Crippen molar-refractivity contribution in [3.8, 4) is 0 Å². The maximum Gasteiger partial charge on any atom is 0.266 e. The molecular formula is C17H25ClF2N4O2S2Si. The monoisotopic (exact) mass is 482 g/mol. The average Bonchev–Trinajstić information content (AvgIpc) is 2.98. The summed E-state index contributed by atoms with van der Waals surface area (Å²) in [5, 5.41) is 5.72. The van der Waals surface area contributed by atoms with Gasteiger partial charge in [-0.05, 0) is 24.7 Å². The van der Waals surface area contributed by atoms with Gasteiger partial charge in [-0.2, -0.15) is 4.39 Å². The van der Waals surface area contributed by atoms with Crippen LogP contribution in [0.15, 0.2) is 23.2 Å². The SMILES string of the molecule is CCN[C@H](CNc1cc(F)c(S(=O)(=O)Nc2ncc(F)s2)cc1Cl)C[Si](C)(C)C. The molecule has 29 heavy (non-hydrogen) atoms. The Morgan fingerprint density at radius 2 is 1.97 bits per heavy atom. The highest BCUT2D eigenvalue weighted by molar-refractivity contribution is 7.93. The van der Waals surface area contributed by atoms with E-state index in [2.05, 4.69) is 40.0 Å². The van der Waals surface area contributed by atoms with E-state index in [0.717, 1.165) is 30.9 Å². The van der Waals surface area contributed by atoms with Crippen LogP contribution in [0.3, 0.4) is 0 Å². The highest BCUT2D eigenvalue weighted by Crippen LogP contribution is 2.30. The second kappa shape index (κ2) is 9.69. The van der Waals surface area contributed by atoms with Crippen molar-refractivity contribution in [3.05, 3.63) is 34.3 Å². The predicted molar refractivity (Wildman–Crippen MR) is 118 cm³/mol. The summed E-state index contributed by atoms with van der Waals surface area (Å²) in [5.74, 6) is -0.966. The van der Waals surface area contributed by atoms with Crippen molar-refractivity contribution in [2.75, 3.05) is 23.1 Å². The lowest BCUT2D eigenvalue weighted by molar-refractivity contribution is 0.569. The fourth-order valence-corrected chi connectivity index (χ4v) is 6.75. The minimum atomic E-state index is -4.30. The molecule has 1 heterocycles. The van der Waals surface area contributed by atoms with E-state index < -0.39 is 33.9 Å². The fraction of sp³-hybridized carbons (Fsp3) is 0.471. The molecule has 0 bridgehead atoms. The first-order chi connectivity index (χ1) is 13.4. The van der Waals surface area contributed by atoms with E-state index in [1.807, 2.05) is 6.92 Å². The number of aromatic nitrogens is 1.